The summed E-state index contributed by atoms with van der Waals surface area (Å²) < 4.78 is 21.6. The van der Waals surface area contributed by atoms with E-state index in [2.05, 4.69) is 6.58 Å². The summed E-state index contributed by atoms with van der Waals surface area (Å²) in [5, 5.41) is 11.7. The van der Waals surface area contributed by atoms with E-state index >= 15 is 0 Å². The number of hydrogen-bond donors (Lipinski definition) is 0. The van der Waals surface area contributed by atoms with Crippen LogP contribution in [0.2, 0.25) is 0 Å². The van der Waals surface area contributed by atoms with Crippen molar-refractivity contribution < 1.29 is 33.5 Å². The lowest BCUT2D eigenvalue weighted by molar-refractivity contribution is -0.385. The Bertz CT molecular complexity index is 1330. The zero-order valence-corrected chi connectivity index (χ0v) is 23.4. The highest BCUT2D eigenvalue weighted by Gasteiger charge is 2.20. The van der Waals surface area contributed by atoms with Gasteiger partial charge in [-0.05, 0) is 80.3 Å². The molecule has 216 valence electrons. The van der Waals surface area contributed by atoms with E-state index in [9.17, 15) is 19.7 Å². The first-order chi connectivity index (χ1) is 19.8. The number of benzene rings is 3. The third-order valence-electron chi connectivity index (χ3n) is 6.09. The van der Waals surface area contributed by atoms with Gasteiger partial charge in [-0.1, -0.05) is 44.0 Å². The molecular formula is C32H35NO8. The SMILES string of the molecule is C=C(C)C(=O)OCCCCCCCOc1ccc(C(=O)Oc2ccc(-c3ccc(OCC)cc3)cc2[N+](=O)[O-])cc1. The predicted molar refractivity (Wildman–Crippen MR) is 155 cm³/mol. The fourth-order valence-corrected chi connectivity index (χ4v) is 3.89. The summed E-state index contributed by atoms with van der Waals surface area (Å²) in [7, 11) is 0. The van der Waals surface area contributed by atoms with Crippen molar-refractivity contribution >= 4 is 17.6 Å². The maximum atomic E-state index is 12.7. The zero-order chi connectivity index (χ0) is 29.6. The third kappa shape index (κ3) is 9.79. The highest BCUT2D eigenvalue weighted by Crippen LogP contribution is 2.33. The highest BCUT2D eigenvalue weighted by molar-refractivity contribution is 5.92. The number of unbranched alkanes of at least 4 members (excludes halogenated alkanes) is 4. The van der Waals surface area contributed by atoms with Crippen LogP contribution in [0.5, 0.6) is 17.2 Å². The number of carbonyl (C=O) groups excluding carboxylic acids is 2. The summed E-state index contributed by atoms with van der Waals surface area (Å²) in [5.41, 5.74) is 1.73. The maximum Gasteiger partial charge on any atom is 0.343 e. The summed E-state index contributed by atoms with van der Waals surface area (Å²) >= 11 is 0. The molecule has 0 saturated carbocycles. The largest absolute Gasteiger partial charge is 0.494 e. The van der Waals surface area contributed by atoms with E-state index in [1.165, 1.54) is 12.1 Å². The predicted octanol–water partition coefficient (Wildman–Crippen LogP) is 7.33. The monoisotopic (exact) mass is 561 g/mol. The lowest BCUT2D eigenvalue weighted by atomic mass is 10.0. The minimum Gasteiger partial charge on any atom is -0.494 e. The number of carbonyl (C=O) groups is 2. The fraction of sp³-hybridized carbons (Fsp3) is 0.312. The van der Waals surface area contributed by atoms with Gasteiger partial charge in [0.15, 0.2) is 0 Å². The quantitative estimate of drug-likeness (QED) is 0.0446. The standard InChI is InChI=1S/C32H35NO8/c1-4-38-27-15-10-24(11-16-27)26-14-19-30(29(22-26)33(36)37)41-32(35)25-12-17-28(18-13-25)39-20-8-6-5-7-9-21-40-31(34)23(2)3/h10-19,22H,2,4-9,20-21H2,1,3H3. The number of rotatable bonds is 16. The minimum atomic E-state index is -0.706. The second-order valence-corrected chi connectivity index (χ2v) is 9.34. The number of ether oxygens (including phenoxy) is 4. The van der Waals surface area contributed by atoms with Crippen LogP contribution in [0.3, 0.4) is 0 Å². The average Bonchev–Trinajstić information content (AvgIpc) is 2.97. The van der Waals surface area contributed by atoms with E-state index in [-0.39, 0.29) is 23.0 Å². The Kier molecular flexibility index (Phi) is 11.9. The molecule has 0 atom stereocenters. The lowest BCUT2D eigenvalue weighted by Gasteiger charge is -2.09. The normalized spacial score (nSPS) is 10.5. The van der Waals surface area contributed by atoms with Gasteiger partial charge in [0.25, 0.3) is 0 Å². The molecule has 0 heterocycles. The van der Waals surface area contributed by atoms with Crippen molar-refractivity contribution in [2.75, 3.05) is 19.8 Å². The second kappa shape index (κ2) is 15.8. The summed E-state index contributed by atoms with van der Waals surface area (Å²) in [5.74, 6) is 0.124. The molecule has 3 rings (SSSR count). The van der Waals surface area contributed by atoms with Crippen molar-refractivity contribution in [1.29, 1.82) is 0 Å². The topological polar surface area (TPSA) is 114 Å². The van der Waals surface area contributed by atoms with Crippen LogP contribution in [0, 0.1) is 10.1 Å². The Hall–Kier alpha value is -4.66. The Morgan fingerprint density at radius 3 is 2.02 bits per heavy atom. The van der Waals surface area contributed by atoms with E-state index in [0.29, 0.717) is 42.5 Å². The van der Waals surface area contributed by atoms with Gasteiger partial charge in [0.05, 0.1) is 30.3 Å². The Balaban J connectivity index is 1.46. The molecule has 9 nitrogen and oxygen atoms in total. The molecule has 0 aliphatic heterocycles. The van der Waals surface area contributed by atoms with Crippen molar-refractivity contribution in [3.63, 3.8) is 0 Å². The van der Waals surface area contributed by atoms with E-state index < -0.39 is 10.9 Å². The van der Waals surface area contributed by atoms with Gasteiger partial charge in [0, 0.05) is 11.6 Å². The summed E-state index contributed by atoms with van der Waals surface area (Å²) in [6.45, 7) is 8.54. The van der Waals surface area contributed by atoms with Crippen molar-refractivity contribution in [1.82, 2.24) is 0 Å². The number of nitro benzene ring substituents is 1. The van der Waals surface area contributed by atoms with E-state index in [1.807, 2.05) is 19.1 Å². The molecule has 0 aromatic heterocycles. The second-order valence-electron chi connectivity index (χ2n) is 9.34. The molecular weight excluding hydrogens is 526 g/mol. The molecule has 0 unspecified atom stereocenters. The van der Waals surface area contributed by atoms with Gasteiger partial charge in [-0.3, -0.25) is 10.1 Å². The summed E-state index contributed by atoms with van der Waals surface area (Å²) in [6, 6.07) is 18.1. The highest BCUT2D eigenvalue weighted by atomic mass is 16.6. The molecule has 41 heavy (non-hydrogen) atoms. The average molecular weight is 562 g/mol. The molecule has 3 aromatic rings. The van der Waals surface area contributed by atoms with Crippen LogP contribution in [0.1, 0.15) is 56.3 Å². The van der Waals surface area contributed by atoms with Crippen LogP contribution in [-0.2, 0) is 9.53 Å². The maximum absolute atomic E-state index is 12.7. The van der Waals surface area contributed by atoms with E-state index in [0.717, 1.165) is 37.7 Å². The minimum absolute atomic E-state index is 0.135. The Morgan fingerprint density at radius 2 is 1.39 bits per heavy atom. The van der Waals surface area contributed by atoms with Crippen molar-refractivity contribution in [2.24, 2.45) is 0 Å². The van der Waals surface area contributed by atoms with Gasteiger partial charge in [-0.15, -0.1) is 0 Å². The number of nitro groups is 1. The van der Waals surface area contributed by atoms with Crippen LogP contribution in [0.4, 0.5) is 5.69 Å². The van der Waals surface area contributed by atoms with Gasteiger partial charge in [0.2, 0.25) is 5.75 Å². The number of esters is 2. The Morgan fingerprint density at radius 1 is 0.805 bits per heavy atom. The molecule has 0 aliphatic carbocycles. The molecule has 0 N–H and O–H groups in total. The van der Waals surface area contributed by atoms with Gasteiger partial charge < -0.3 is 18.9 Å². The third-order valence-corrected chi connectivity index (χ3v) is 6.09. The van der Waals surface area contributed by atoms with Crippen molar-refractivity contribution in [3.05, 3.63) is 94.6 Å². The number of hydrogen-bond acceptors (Lipinski definition) is 8. The van der Waals surface area contributed by atoms with Crippen LogP contribution in [-0.4, -0.2) is 36.7 Å². The smallest absolute Gasteiger partial charge is 0.343 e. The van der Waals surface area contributed by atoms with Crippen LogP contribution >= 0.6 is 0 Å². The summed E-state index contributed by atoms with van der Waals surface area (Å²) in [4.78, 5) is 35.2. The molecule has 0 saturated heterocycles. The van der Waals surface area contributed by atoms with Crippen LogP contribution in [0.25, 0.3) is 11.1 Å². The van der Waals surface area contributed by atoms with E-state index in [1.54, 1.807) is 49.4 Å². The molecule has 3 aromatic carbocycles. The van der Waals surface area contributed by atoms with Crippen LogP contribution < -0.4 is 14.2 Å². The molecule has 0 aliphatic rings. The van der Waals surface area contributed by atoms with Crippen molar-refractivity contribution in [2.45, 2.75) is 46.0 Å². The Labute approximate surface area is 239 Å². The lowest BCUT2D eigenvalue weighted by Crippen LogP contribution is -2.10. The molecule has 0 bridgehead atoms. The van der Waals surface area contributed by atoms with Crippen molar-refractivity contribution in [3.8, 4) is 28.4 Å². The molecule has 0 amide bonds. The first-order valence-electron chi connectivity index (χ1n) is 13.6. The zero-order valence-electron chi connectivity index (χ0n) is 23.4. The van der Waals surface area contributed by atoms with Gasteiger partial charge in [0.1, 0.15) is 11.5 Å². The first-order valence-corrected chi connectivity index (χ1v) is 13.6. The van der Waals surface area contributed by atoms with E-state index in [4.69, 9.17) is 18.9 Å². The first kappa shape index (κ1) is 30.9. The van der Waals surface area contributed by atoms with Gasteiger partial charge >= 0.3 is 17.6 Å². The molecule has 0 spiro atoms. The van der Waals surface area contributed by atoms with Gasteiger partial charge in [-0.2, -0.15) is 0 Å². The number of nitrogens with zero attached hydrogens (tertiary/aromatic N) is 1. The fourth-order valence-electron chi connectivity index (χ4n) is 3.89. The van der Waals surface area contributed by atoms with Crippen LogP contribution in [0.15, 0.2) is 78.9 Å². The molecule has 0 fully saturated rings. The molecule has 9 heteroatoms. The summed E-state index contributed by atoms with van der Waals surface area (Å²) in [6.07, 6.45) is 4.63. The molecule has 0 radical (unpaired) electrons. The van der Waals surface area contributed by atoms with Gasteiger partial charge in [-0.25, -0.2) is 9.59 Å².